The first kappa shape index (κ1) is 11.4. The number of carbonyl (C=O) groups excluding carboxylic acids is 1. The fourth-order valence-electron chi connectivity index (χ4n) is 2.99. The number of carbonyl (C=O) groups is 2. The second kappa shape index (κ2) is 4.20. The Labute approximate surface area is 108 Å². The molecule has 0 saturated heterocycles. The molecule has 1 saturated carbocycles. The largest absolute Gasteiger partial charge is 0.481 e. The molecule has 2 bridgehead atoms. The minimum atomic E-state index is -0.883. The van der Waals surface area contributed by atoms with E-state index < -0.39 is 17.8 Å². The number of fused-ring (bicyclic) bond motifs is 2. The SMILES string of the molecule is O=C(Nc1nccs1)[C@@H]1[C@@H](C(=O)O)[C@H]2C=C[C@@H]1C2. The molecule has 6 heteroatoms. The van der Waals surface area contributed by atoms with Crippen LogP contribution in [0.25, 0.3) is 0 Å². The number of carboxylic acid groups (broad SMARTS) is 1. The summed E-state index contributed by atoms with van der Waals surface area (Å²) in [7, 11) is 0. The van der Waals surface area contributed by atoms with Gasteiger partial charge in [0.2, 0.25) is 5.91 Å². The molecule has 2 aliphatic rings. The molecule has 2 aliphatic carbocycles. The number of nitrogens with one attached hydrogen (secondary N) is 1. The van der Waals surface area contributed by atoms with Crippen molar-refractivity contribution in [2.75, 3.05) is 5.32 Å². The van der Waals surface area contributed by atoms with Crippen molar-refractivity contribution in [3.63, 3.8) is 0 Å². The summed E-state index contributed by atoms with van der Waals surface area (Å²) in [5.41, 5.74) is 0. The fourth-order valence-corrected chi connectivity index (χ4v) is 3.52. The van der Waals surface area contributed by atoms with Crippen LogP contribution in [0.5, 0.6) is 0 Å². The summed E-state index contributed by atoms with van der Waals surface area (Å²) >= 11 is 1.33. The molecule has 0 aromatic carbocycles. The molecular weight excluding hydrogens is 252 g/mol. The Morgan fingerprint density at radius 1 is 1.33 bits per heavy atom. The number of aliphatic carboxylic acids is 1. The monoisotopic (exact) mass is 264 g/mol. The summed E-state index contributed by atoms with van der Waals surface area (Å²) in [6, 6.07) is 0. The van der Waals surface area contributed by atoms with Gasteiger partial charge in [-0.15, -0.1) is 11.3 Å². The van der Waals surface area contributed by atoms with E-state index in [0.717, 1.165) is 6.42 Å². The highest BCUT2D eigenvalue weighted by Gasteiger charge is 2.51. The quantitative estimate of drug-likeness (QED) is 0.813. The summed E-state index contributed by atoms with van der Waals surface area (Å²) in [6.45, 7) is 0. The van der Waals surface area contributed by atoms with Crippen molar-refractivity contribution in [3.05, 3.63) is 23.7 Å². The molecule has 94 valence electrons. The van der Waals surface area contributed by atoms with Crippen molar-refractivity contribution in [1.29, 1.82) is 0 Å². The molecule has 4 atom stereocenters. The van der Waals surface area contributed by atoms with Crippen LogP contribution in [0.3, 0.4) is 0 Å². The molecule has 0 spiro atoms. The lowest BCUT2D eigenvalue weighted by atomic mass is 9.82. The first-order valence-corrected chi connectivity index (χ1v) is 6.66. The van der Waals surface area contributed by atoms with Crippen LogP contribution in [0.15, 0.2) is 23.7 Å². The summed E-state index contributed by atoms with van der Waals surface area (Å²) < 4.78 is 0. The maximum Gasteiger partial charge on any atom is 0.307 e. The first-order chi connectivity index (χ1) is 8.66. The molecule has 1 aromatic rings. The lowest BCUT2D eigenvalue weighted by Gasteiger charge is -2.23. The van der Waals surface area contributed by atoms with E-state index >= 15 is 0 Å². The van der Waals surface area contributed by atoms with E-state index in [1.54, 1.807) is 11.6 Å². The number of allylic oxidation sites excluding steroid dienone is 2. The summed E-state index contributed by atoms with van der Waals surface area (Å²) in [6.07, 6.45) is 6.27. The topological polar surface area (TPSA) is 79.3 Å². The average Bonchev–Trinajstić information content (AvgIpc) is 3.03. The number of nitrogens with zero attached hydrogens (tertiary/aromatic N) is 1. The zero-order valence-electron chi connectivity index (χ0n) is 9.45. The van der Waals surface area contributed by atoms with Crippen molar-refractivity contribution in [2.45, 2.75) is 6.42 Å². The normalized spacial score (nSPS) is 32.7. The van der Waals surface area contributed by atoms with E-state index in [1.807, 2.05) is 12.2 Å². The lowest BCUT2D eigenvalue weighted by Crippen LogP contribution is -2.36. The van der Waals surface area contributed by atoms with Gasteiger partial charge >= 0.3 is 5.97 Å². The maximum atomic E-state index is 12.2. The van der Waals surface area contributed by atoms with Crippen LogP contribution in [-0.2, 0) is 9.59 Å². The Kier molecular flexibility index (Phi) is 2.66. The average molecular weight is 264 g/mol. The van der Waals surface area contributed by atoms with Gasteiger partial charge in [0.1, 0.15) is 0 Å². The summed E-state index contributed by atoms with van der Waals surface area (Å²) in [5.74, 6) is -2.13. The highest BCUT2D eigenvalue weighted by Crippen LogP contribution is 2.48. The Bertz CT molecular complexity index is 511. The van der Waals surface area contributed by atoms with Crippen molar-refractivity contribution < 1.29 is 14.7 Å². The van der Waals surface area contributed by atoms with Gasteiger partial charge in [0.15, 0.2) is 5.13 Å². The van der Waals surface area contributed by atoms with Crippen LogP contribution < -0.4 is 5.32 Å². The number of rotatable bonds is 3. The third-order valence-corrected chi connectivity index (χ3v) is 4.40. The predicted molar refractivity (Wildman–Crippen MR) is 66.1 cm³/mol. The maximum absolute atomic E-state index is 12.2. The van der Waals surface area contributed by atoms with Gasteiger partial charge < -0.3 is 10.4 Å². The van der Waals surface area contributed by atoms with E-state index in [9.17, 15) is 14.7 Å². The second-order valence-corrected chi connectivity index (χ2v) is 5.56. The minimum absolute atomic E-state index is 0.000421. The van der Waals surface area contributed by atoms with Gasteiger partial charge in [-0.05, 0) is 18.3 Å². The van der Waals surface area contributed by atoms with Crippen LogP contribution in [0.1, 0.15) is 6.42 Å². The van der Waals surface area contributed by atoms with Crippen molar-refractivity contribution in [3.8, 4) is 0 Å². The molecule has 0 radical (unpaired) electrons. The number of anilines is 1. The van der Waals surface area contributed by atoms with Crippen LogP contribution in [0.4, 0.5) is 5.13 Å². The molecule has 5 nitrogen and oxygen atoms in total. The van der Waals surface area contributed by atoms with E-state index in [4.69, 9.17) is 0 Å². The number of amides is 1. The van der Waals surface area contributed by atoms with Gasteiger partial charge in [0.25, 0.3) is 0 Å². The molecule has 0 aliphatic heterocycles. The minimum Gasteiger partial charge on any atom is -0.481 e. The molecule has 1 amide bonds. The molecule has 1 aromatic heterocycles. The Morgan fingerprint density at radius 2 is 2.06 bits per heavy atom. The molecule has 2 N–H and O–H groups in total. The smallest absolute Gasteiger partial charge is 0.307 e. The third-order valence-electron chi connectivity index (χ3n) is 3.71. The molecule has 0 unspecified atom stereocenters. The first-order valence-electron chi connectivity index (χ1n) is 5.78. The van der Waals surface area contributed by atoms with Gasteiger partial charge in [-0.1, -0.05) is 12.2 Å². The summed E-state index contributed by atoms with van der Waals surface area (Å²) in [5, 5.41) is 14.3. The zero-order chi connectivity index (χ0) is 12.7. The molecule has 18 heavy (non-hydrogen) atoms. The van der Waals surface area contributed by atoms with Crippen LogP contribution in [0.2, 0.25) is 0 Å². The molecule has 1 fully saturated rings. The third kappa shape index (κ3) is 1.73. The van der Waals surface area contributed by atoms with Gasteiger partial charge in [-0.25, -0.2) is 4.98 Å². The van der Waals surface area contributed by atoms with Crippen LogP contribution in [-0.4, -0.2) is 22.0 Å². The molecule has 3 rings (SSSR count). The number of hydrogen-bond donors (Lipinski definition) is 2. The standard InChI is InChI=1S/C12H12N2O3S/c15-10(14-12-13-3-4-18-12)8-6-1-2-7(5-6)9(8)11(16)17/h1-4,6-9H,5H2,(H,16,17)(H,13,14,15)/t6-,7+,8+,9+/m1/s1. The number of hydrogen-bond acceptors (Lipinski definition) is 4. The van der Waals surface area contributed by atoms with E-state index in [0.29, 0.717) is 5.13 Å². The highest BCUT2D eigenvalue weighted by atomic mass is 32.1. The van der Waals surface area contributed by atoms with Crippen LogP contribution in [0, 0.1) is 23.7 Å². The van der Waals surface area contributed by atoms with Crippen molar-refractivity contribution >= 4 is 28.3 Å². The fraction of sp³-hybridized carbons (Fsp3) is 0.417. The Balaban J connectivity index is 1.80. The van der Waals surface area contributed by atoms with Gasteiger partial charge in [-0.3, -0.25) is 9.59 Å². The second-order valence-electron chi connectivity index (χ2n) is 4.66. The van der Waals surface area contributed by atoms with E-state index in [1.165, 1.54) is 11.3 Å². The predicted octanol–water partition coefficient (Wildman–Crippen LogP) is 1.60. The number of thiazole rings is 1. The lowest BCUT2D eigenvalue weighted by molar-refractivity contribution is -0.146. The number of carboxylic acids is 1. The zero-order valence-corrected chi connectivity index (χ0v) is 10.3. The van der Waals surface area contributed by atoms with E-state index in [2.05, 4.69) is 10.3 Å². The van der Waals surface area contributed by atoms with Gasteiger partial charge in [0, 0.05) is 11.6 Å². The molecular formula is C12H12N2O3S. The van der Waals surface area contributed by atoms with Crippen LogP contribution >= 0.6 is 11.3 Å². The Hall–Kier alpha value is -1.69. The summed E-state index contributed by atoms with van der Waals surface area (Å²) in [4.78, 5) is 27.4. The van der Waals surface area contributed by atoms with Crippen molar-refractivity contribution in [2.24, 2.45) is 23.7 Å². The molecule has 1 heterocycles. The van der Waals surface area contributed by atoms with E-state index in [-0.39, 0.29) is 17.7 Å². The van der Waals surface area contributed by atoms with Gasteiger partial charge in [0.05, 0.1) is 11.8 Å². The number of aromatic nitrogens is 1. The van der Waals surface area contributed by atoms with Gasteiger partial charge in [-0.2, -0.15) is 0 Å². The Morgan fingerprint density at radius 3 is 2.67 bits per heavy atom. The van der Waals surface area contributed by atoms with Crippen molar-refractivity contribution in [1.82, 2.24) is 4.98 Å². The highest BCUT2D eigenvalue weighted by molar-refractivity contribution is 7.13.